The fraction of sp³-hybridized carbons (Fsp3) is 0.333. The van der Waals surface area contributed by atoms with E-state index in [1.807, 2.05) is 38.1 Å². The molecular formula is C12H14N2O3. The number of aliphatic hydroxyl groups excluding tert-OH is 1. The van der Waals surface area contributed by atoms with E-state index in [0.717, 1.165) is 11.3 Å². The van der Waals surface area contributed by atoms with E-state index in [4.69, 9.17) is 14.4 Å². The Morgan fingerprint density at radius 3 is 2.88 bits per heavy atom. The number of aromatic nitrogens is 2. The Labute approximate surface area is 99.0 Å². The quantitative estimate of drug-likeness (QED) is 0.876. The third-order valence-electron chi connectivity index (χ3n) is 2.06. The number of ether oxygens (including phenoxy) is 1. The Kier molecular flexibility index (Phi) is 3.39. The Morgan fingerprint density at radius 1 is 1.41 bits per heavy atom. The molecule has 1 aromatic heterocycles. The average Bonchev–Trinajstić information content (AvgIpc) is 2.77. The van der Waals surface area contributed by atoms with E-state index >= 15 is 0 Å². The summed E-state index contributed by atoms with van der Waals surface area (Å²) in [6, 6.07) is 7.40. The summed E-state index contributed by atoms with van der Waals surface area (Å²) in [5.74, 6) is 1.40. The molecule has 5 heteroatoms. The van der Waals surface area contributed by atoms with Crippen LogP contribution in [0, 0.1) is 0 Å². The first-order chi connectivity index (χ1) is 8.19. The fourth-order valence-corrected chi connectivity index (χ4v) is 1.41. The SMILES string of the molecule is CC(C)Oc1cccc(-c2nc(CO)no2)c1. The van der Waals surface area contributed by atoms with Gasteiger partial charge in [-0.3, -0.25) is 0 Å². The molecule has 1 N–H and O–H groups in total. The third kappa shape index (κ3) is 2.82. The summed E-state index contributed by atoms with van der Waals surface area (Å²) in [5.41, 5.74) is 0.773. The number of benzene rings is 1. The summed E-state index contributed by atoms with van der Waals surface area (Å²) in [5, 5.41) is 12.5. The van der Waals surface area contributed by atoms with Crippen molar-refractivity contribution in [2.45, 2.75) is 26.6 Å². The van der Waals surface area contributed by atoms with Gasteiger partial charge in [-0.1, -0.05) is 11.2 Å². The van der Waals surface area contributed by atoms with Gasteiger partial charge >= 0.3 is 0 Å². The molecule has 0 aliphatic carbocycles. The summed E-state index contributed by atoms with van der Waals surface area (Å²) >= 11 is 0. The zero-order valence-corrected chi connectivity index (χ0v) is 9.75. The topological polar surface area (TPSA) is 68.4 Å². The average molecular weight is 234 g/mol. The standard InChI is InChI=1S/C12H14N2O3/c1-8(2)16-10-5-3-4-9(6-10)12-13-11(7-15)14-17-12/h3-6,8,15H,7H2,1-2H3. The van der Waals surface area contributed by atoms with Gasteiger partial charge < -0.3 is 14.4 Å². The number of hydrogen-bond donors (Lipinski definition) is 1. The maximum absolute atomic E-state index is 8.86. The van der Waals surface area contributed by atoms with Crippen LogP contribution in [-0.2, 0) is 6.61 Å². The molecule has 1 aromatic carbocycles. The molecule has 0 radical (unpaired) electrons. The number of hydrogen-bond acceptors (Lipinski definition) is 5. The predicted molar refractivity (Wildman–Crippen MR) is 61.4 cm³/mol. The third-order valence-corrected chi connectivity index (χ3v) is 2.06. The van der Waals surface area contributed by atoms with E-state index < -0.39 is 0 Å². The van der Waals surface area contributed by atoms with E-state index in [0.29, 0.717) is 5.89 Å². The Bertz CT molecular complexity index is 494. The molecule has 0 atom stereocenters. The Balaban J connectivity index is 2.26. The first-order valence-electron chi connectivity index (χ1n) is 5.39. The van der Waals surface area contributed by atoms with Crippen molar-refractivity contribution < 1.29 is 14.4 Å². The summed E-state index contributed by atoms with van der Waals surface area (Å²) in [6.45, 7) is 3.69. The lowest BCUT2D eigenvalue weighted by Gasteiger charge is -2.09. The first kappa shape index (κ1) is 11.6. The lowest BCUT2D eigenvalue weighted by molar-refractivity contribution is 0.242. The summed E-state index contributed by atoms with van der Waals surface area (Å²) in [7, 11) is 0. The molecule has 5 nitrogen and oxygen atoms in total. The van der Waals surface area contributed by atoms with Crippen LogP contribution in [0.1, 0.15) is 19.7 Å². The van der Waals surface area contributed by atoms with Gasteiger partial charge in [0.05, 0.1) is 6.10 Å². The maximum Gasteiger partial charge on any atom is 0.258 e. The van der Waals surface area contributed by atoms with Crippen molar-refractivity contribution in [1.82, 2.24) is 10.1 Å². The number of rotatable bonds is 4. The monoisotopic (exact) mass is 234 g/mol. The van der Waals surface area contributed by atoms with Gasteiger partial charge in [0.15, 0.2) is 5.82 Å². The van der Waals surface area contributed by atoms with Crippen molar-refractivity contribution in [3.63, 3.8) is 0 Å². The maximum atomic E-state index is 8.86. The highest BCUT2D eigenvalue weighted by molar-refractivity contribution is 5.55. The second-order valence-electron chi connectivity index (χ2n) is 3.87. The van der Waals surface area contributed by atoms with Crippen molar-refractivity contribution in [2.24, 2.45) is 0 Å². The van der Waals surface area contributed by atoms with Gasteiger partial charge in [0.1, 0.15) is 12.4 Å². The summed E-state index contributed by atoms with van der Waals surface area (Å²) < 4.78 is 10.6. The molecule has 0 unspecified atom stereocenters. The van der Waals surface area contributed by atoms with Crippen molar-refractivity contribution in [3.05, 3.63) is 30.1 Å². The van der Waals surface area contributed by atoms with Gasteiger partial charge in [0.25, 0.3) is 5.89 Å². The minimum atomic E-state index is -0.230. The van der Waals surface area contributed by atoms with Crippen LogP contribution >= 0.6 is 0 Å². The van der Waals surface area contributed by atoms with Gasteiger partial charge in [-0.25, -0.2) is 0 Å². The van der Waals surface area contributed by atoms with Crippen LogP contribution in [0.5, 0.6) is 5.75 Å². The molecule has 17 heavy (non-hydrogen) atoms. The fourth-order valence-electron chi connectivity index (χ4n) is 1.41. The molecule has 0 aliphatic heterocycles. The molecular weight excluding hydrogens is 220 g/mol. The van der Waals surface area contributed by atoms with Crippen molar-refractivity contribution in [2.75, 3.05) is 0 Å². The van der Waals surface area contributed by atoms with Gasteiger partial charge in [-0.05, 0) is 32.0 Å². The van der Waals surface area contributed by atoms with Crippen LogP contribution in [0.4, 0.5) is 0 Å². The molecule has 1 heterocycles. The van der Waals surface area contributed by atoms with Crippen LogP contribution in [0.15, 0.2) is 28.8 Å². The van der Waals surface area contributed by atoms with Crippen LogP contribution in [-0.4, -0.2) is 21.4 Å². The lowest BCUT2D eigenvalue weighted by Crippen LogP contribution is -2.05. The highest BCUT2D eigenvalue weighted by Gasteiger charge is 2.09. The lowest BCUT2D eigenvalue weighted by atomic mass is 10.2. The predicted octanol–water partition coefficient (Wildman–Crippen LogP) is 2.02. The smallest absolute Gasteiger partial charge is 0.258 e. The highest BCUT2D eigenvalue weighted by atomic mass is 16.5. The molecule has 0 aliphatic rings. The molecule has 0 saturated heterocycles. The van der Waals surface area contributed by atoms with Crippen LogP contribution in [0.25, 0.3) is 11.5 Å². The zero-order chi connectivity index (χ0) is 12.3. The van der Waals surface area contributed by atoms with E-state index in [-0.39, 0.29) is 18.5 Å². The van der Waals surface area contributed by atoms with E-state index in [2.05, 4.69) is 10.1 Å². The normalized spacial score (nSPS) is 10.8. The van der Waals surface area contributed by atoms with Gasteiger partial charge in [0, 0.05) is 5.56 Å². The van der Waals surface area contributed by atoms with E-state index in [1.54, 1.807) is 0 Å². The van der Waals surface area contributed by atoms with Gasteiger partial charge in [-0.2, -0.15) is 4.98 Å². The number of nitrogens with zero attached hydrogens (tertiary/aromatic N) is 2. The van der Waals surface area contributed by atoms with Crippen LogP contribution in [0.2, 0.25) is 0 Å². The van der Waals surface area contributed by atoms with Crippen molar-refractivity contribution in [3.8, 4) is 17.2 Å². The van der Waals surface area contributed by atoms with Gasteiger partial charge in [0.2, 0.25) is 0 Å². The molecule has 0 saturated carbocycles. The largest absolute Gasteiger partial charge is 0.491 e. The van der Waals surface area contributed by atoms with Crippen molar-refractivity contribution >= 4 is 0 Å². The molecule has 0 bridgehead atoms. The number of aliphatic hydroxyl groups is 1. The first-order valence-corrected chi connectivity index (χ1v) is 5.39. The molecule has 90 valence electrons. The van der Waals surface area contributed by atoms with E-state index in [1.165, 1.54) is 0 Å². The molecule has 0 amide bonds. The second-order valence-corrected chi connectivity index (χ2v) is 3.87. The highest BCUT2D eigenvalue weighted by Crippen LogP contribution is 2.23. The zero-order valence-electron chi connectivity index (χ0n) is 9.75. The Hall–Kier alpha value is -1.88. The molecule has 2 rings (SSSR count). The van der Waals surface area contributed by atoms with Crippen LogP contribution < -0.4 is 4.74 Å². The van der Waals surface area contributed by atoms with Gasteiger partial charge in [-0.15, -0.1) is 0 Å². The summed E-state index contributed by atoms with van der Waals surface area (Å²) in [6.07, 6.45) is 0.112. The van der Waals surface area contributed by atoms with E-state index in [9.17, 15) is 0 Å². The summed E-state index contributed by atoms with van der Waals surface area (Å²) in [4.78, 5) is 4.04. The van der Waals surface area contributed by atoms with Crippen molar-refractivity contribution in [1.29, 1.82) is 0 Å². The molecule has 0 spiro atoms. The minimum Gasteiger partial charge on any atom is -0.491 e. The molecule has 0 fully saturated rings. The Morgan fingerprint density at radius 2 is 2.24 bits per heavy atom. The van der Waals surface area contributed by atoms with Crippen LogP contribution in [0.3, 0.4) is 0 Å². The molecule has 2 aromatic rings. The minimum absolute atomic E-state index is 0.112. The second kappa shape index (κ2) is 4.97.